The van der Waals surface area contributed by atoms with E-state index < -0.39 is 0 Å². The number of unbranched alkanes of at least 4 members (excludes halogenated alkanes) is 6. The Morgan fingerprint density at radius 2 is 1.67 bits per heavy atom. The second kappa shape index (κ2) is 9.42. The lowest BCUT2D eigenvalue weighted by Crippen LogP contribution is -2.37. The predicted molar refractivity (Wildman–Crippen MR) is 104 cm³/mol. The summed E-state index contributed by atoms with van der Waals surface area (Å²) in [6.07, 6.45) is 18.1. The fourth-order valence-electron chi connectivity index (χ4n) is 4.54. The second-order valence-corrected chi connectivity index (χ2v) is 7.86. The topological polar surface area (TPSA) is 3.24 Å². The molecule has 2 unspecified atom stereocenters. The van der Waals surface area contributed by atoms with Crippen LogP contribution < -0.4 is 0 Å². The summed E-state index contributed by atoms with van der Waals surface area (Å²) in [5.74, 6) is 0. The van der Waals surface area contributed by atoms with Gasteiger partial charge >= 0.3 is 0 Å². The van der Waals surface area contributed by atoms with Gasteiger partial charge in [-0.2, -0.15) is 0 Å². The van der Waals surface area contributed by atoms with Crippen molar-refractivity contribution in [1.82, 2.24) is 4.90 Å². The van der Waals surface area contributed by atoms with Gasteiger partial charge in [0.15, 0.2) is 0 Å². The largest absolute Gasteiger partial charge is 0.289 e. The summed E-state index contributed by atoms with van der Waals surface area (Å²) in [6, 6.07) is 12.5. The van der Waals surface area contributed by atoms with Gasteiger partial charge in [0.2, 0.25) is 0 Å². The highest BCUT2D eigenvalue weighted by Crippen LogP contribution is 2.37. The van der Waals surface area contributed by atoms with Gasteiger partial charge in [-0.3, -0.25) is 4.90 Å². The van der Waals surface area contributed by atoms with Crippen LogP contribution in [0.5, 0.6) is 0 Å². The van der Waals surface area contributed by atoms with E-state index in [4.69, 9.17) is 0 Å². The summed E-state index contributed by atoms with van der Waals surface area (Å²) >= 11 is 0. The van der Waals surface area contributed by atoms with E-state index in [9.17, 15) is 0 Å². The SMILES string of the molecule is CCCCCCCCCC1=CC2CCC(C1)N2Cc1ccccc1. The van der Waals surface area contributed by atoms with Crippen LogP contribution in [0.2, 0.25) is 0 Å². The van der Waals surface area contributed by atoms with Gasteiger partial charge < -0.3 is 0 Å². The molecular formula is C23H35N. The first-order valence-electron chi connectivity index (χ1n) is 10.4. The van der Waals surface area contributed by atoms with Crippen LogP contribution in [0.25, 0.3) is 0 Å². The van der Waals surface area contributed by atoms with Crippen molar-refractivity contribution in [3.05, 3.63) is 47.5 Å². The van der Waals surface area contributed by atoms with Crippen LogP contribution in [0.3, 0.4) is 0 Å². The minimum atomic E-state index is 0.712. The number of fused-ring (bicyclic) bond motifs is 2. The van der Waals surface area contributed by atoms with Crippen LogP contribution in [-0.4, -0.2) is 17.0 Å². The Balaban J connectivity index is 1.41. The molecule has 1 aromatic rings. The number of rotatable bonds is 10. The third-order valence-electron chi connectivity index (χ3n) is 5.93. The molecule has 0 amide bonds. The first kappa shape index (κ1) is 17.7. The van der Waals surface area contributed by atoms with E-state index in [1.807, 2.05) is 0 Å². The molecule has 3 rings (SSSR count). The number of hydrogen-bond donors (Lipinski definition) is 0. The summed E-state index contributed by atoms with van der Waals surface area (Å²) in [4.78, 5) is 2.75. The molecule has 2 bridgehead atoms. The van der Waals surface area contributed by atoms with Crippen LogP contribution in [-0.2, 0) is 6.54 Å². The van der Waals surface area contributed by atoms with Crippen molar-refractivity contribution in [3.8, 4) is 0 Å². The standard InChI is InChI=1S/C23H35N/c1-2-3-4-5-6-7-9-14-21-17-22-15-16-23(18-21)24(22)19-20-12-10-8-11-13-20/h8,10-13,17,22-23H,2-7,9,14-16,18-19H2,1H3. The zero-order valence-corrected chi connectivity index (χ0v) is 15.6. The summed E-state index contributed by atoms with van der Waals surface area (Å²) in [5.41, 5.74) is 3.23. The molecule has 1 fully saturated rings. The summed E-state index contributed by atoms with van der Waals surface area (Å²) in [5, 5.41) is 0. The van der Waals surface area contributed by atoms with Gasteiger partial charge in [-0.25, -0.2) is 0 Å². The minimum absolute atomic E-state index is 0.712. The Hall–Kier alpha value is -1.08. The Kier molecular flexibility index (Phi) is 6.96. The van der Waals surface area contributed by atoms with Crippen LogP contribution in [0, 0.1) is 0 Å². The zero-order valence-electron chi connectivity index (χ0n) is 15.6. The molecule has 1 aromatic carbocycles. The predicted octanol–water partition coefficient (Wildman–Crippen LogP) is 6.49. The molecule has 0 N–H and O–H groups in total. The summed E-state index contributed by atoms with van der Waals surface area (Å²) < 4.78 is 0. The van der Waals surface area contributed by atoms with Gasteiger partial charge in [-0.05, 0) is 37.7 Å². The fourth-order valence-corrected chi connectivity index (χ4v) is 4.54. The van der Waals surface area contributed by atoms with E-state index in [2.05, 4.69) is 48.2 Å². The maximum atomic E-state index is 2.75. The lowest BCUT2D eigenvalue weighted by molar-refractivity contribution is 0.194. The molecule has 0 aliphatic carbocycles. The minimum Gasteiger partial charge on any atom is -0.289 e. The molecule has 2 heterocycles. The van der Waals surface area contributed by atoms with E-state index in [0.717, 1.165) is 12.6 Å². The van der Waals surface area contributed by atoms with Crippen molar-refractivity contribution in [2.75, 3.05) is 0 Å². The van der Waals surface area contributed by atoms with Gasteiger partial charge in [0.1, 0.15) is 0 Å². The third-order valence-corrected chi connectivity index (χ3v) is 5.93. The highest BCUT2D eigenvalue weighted by atomic mass is 15.2. The van der Waals surface area contributed by atoms with E-state index >= 15 is 0 Å². The maximum absolute atomic E-state index is 2.75. The van der Waals surface area contributed by atoms with E-state index in [0.29, 0.717) is 6.04 Å². The van der Waals surface area contributed by atoms with Crippen LogP contribution in [0.15, 0.2) is 42.0 Å². The summed E-state index contributed by atoms with van der Waals surface area (Å²) in [6.45, 7) is 3.43. The van der Waals surface area contributed by atoms with Crippen molar-refractivity contribution in [3.63, 3.8) is 0 Å². The van der Waals surface area contributed by atoms with Crippen molar-refractivity contribution < 1.29 is 0 Å². The van der Waals surface area contributed by atoms with Crippen molar-refractivity contribution in [2.24, 2.45) is 0 Å². The summed E-state index contributed by atoms with van der Waals surface area (Å²) in [7, 11) is 0. The number of benzene rings is 1. The molecule has 0 radical (unpaired) electrons. The molecule has 0 spiro atoms. The molecule has 1 heteroatoms. The molecule has 2 atom stereocenters. The van der Waals surface area contributed by atoms with Gasteiger partial charge in [0, 0.05) is 18.6 Å². The Morgan fingerprint density at radius 1 is 0.917 bits per heavy atom. The number of nitrogens with zero attached hydrogens (tertiary/aromatic N) is 1. The van der Waals surface area contributed by atoms with Crippen LogP contribution in [0.1, 0.15) is 83.1 Å². The molecule has 24 heavy (non-hydrogen) atoms. The van der Waals surface area contributed by atoms with Crippen molar-refractivity contribution >= 4 is 0 Å². The molecular weight excluding hydrogens is 290 g/mol. The Bertz CT molecular complexity index is 504. The molecule has 132 valence electrons. The Labute approximate surface area is 149 Å². The molecule has 2 aliphatic heterocycles. The second-order valence-electron chi connectivity index (χ2n) is 7.86. The highest BCUT2D eigenvalue weighted by Gasteiger charge is 2.35. The quantitative estimate of drug-likeness (QED) is 0.351. The van der Waals surface area contributed by atoms with Gasteiger partial charge in [-0.15, -0.1) is 0 Å². The molecule has 0 saturated carbocycles. The number of hydrogen-bond acceptors (Lipinski definition) is 1. The smallest absolute Gasteiger partial charge is 0.0288 e. The first-order valence-corrected chi connectivity index (χ1v) is 10.4. The van der Waals surface area contributed by atoms with E-state index in [1.165, 1.54) is 76.2 Å². The van der Waals surface area contributed by atoms with Gasteiger partial charge in [0.25, 0.3) is 0 Å². The monoisotopic (exact) mass is 325 g/mol. The van der Waals surface area contributed by atoms with Gasteiger partial charge in [-0.1, -0.05) is 87.4 Å². The Morgan fingerprint density at radius 3 is 2.42 bits per heavy atom. The van der Waals surface area contributed by atoms with Crippen LogP contribution >= 0.6 is 0 Å². The highest BCUT2D eigenvalue weighted by molar-refractivity contribution is 5.21. The van der Waals surface area contributed by atoms with Crippen molar-refractivity contribution in [2.45, 2.75) is 96.2 Å². The average Bonchev–Trinajstić information content (AvgIpc) is 2.84. The average molecular weight is 326 g/mol. The van der Waals surface area contributed by atoms with E-state index in [1.54, 1.807) is 5.57 Å². The molecule has 2 aliphatic rings. The van der Waals surface area contributed by atoms with Crippen LogP contribution in [0.4, 0.5) is 0 Å². The molecule has 0 aromatic heterocycles. The lowest BCUT2D eigenvalue weighted by atomic mass is 9.95. The van der Waals surface area contributed by atoms with Gasteiger partial charge in [0.05, 0.1) is 0 Å². The lowest BCUT2D eigenvalue weighted by Gasteiger charge is -2.34. The molecule has 1 saturated heterocycles. The normalized spacial score (nSPS) is 23.5. The van der Waals surface area contributed by atoms with E-state index in [-0.39, 0.29) is 0 Å². The van der Waals surface area contributed by atoms with Crippen molar-refractivity contribution in [1.29, 1.82) is 0 Å². The molecule has 1 nitrogen and oxygen atoms in total. The fraction of sp³-hybridized carbons (Fsp3) is 0.652. The first-order chi connectivity index (χ1) is 11.9. The zero-order chi connectivity index (χ0) is 16.6. The third kappa shape index (κ3) is 4.96. The maximum Gasteiger partial charge on any atom is 0.0288 e.